The third-order valence-corrected chi connectivity index (χ3v) is 7.21. The van der Waals surface area contributed by atoms with E-state index in [4.69, 9.17) is 21.3 Å². The lowest BCUT2D eigenvalue weighted by atomic mass is 10.0. The molecular weight excluding hydrogens is 512 g/mol. The number of urea groups is 1. The van der Waals surface area contributed by atoms with E-state index < -0.39 is 0 Å². The molecular formula is C26H23ClN6O3S. The smallest absolute Gasteiger partial charge is 0.319 e. The number of aromatic nitrogens is 3. The van der Waals surface area contributed by atoms with Crippen molar-refractivity contribution < 1.29 is 14.3 Å². The van der Waals surface area contributed by atoms with Gasteiger partial charge < -0.3 is 15.4 Å². The number of hydrogen-bond donors (Lipinski definition) is 2. The molecule has 11 heteroatoms. The number of ether oxygens (including phenoxy) is 1. The number of methoxy groups -OCH3 is 1. The molecule has 5 rings (SSSR count). The summed E-state index contributed by atoms with van der Waals surface area (Å²) in [7, 11) is 1.36. The number of aliphatic imine (C=N–C) groups is 1. The van der Waals surface area contributed by atoms with E-state index in [1.54, 1.807) is 0 Å². The van der Waals surface area contributed by atoms with Crippen LogP contribution >= 0.6 is 22.9 Å². The van der Waals surface area contributed by atoms with Gasteiger partial charge in [0, 0.05) is 26.7 Å². The van der Waals surface area contributed by atoms with Crippen LogP contribution in [0.15, 0.2) is 59.6 Å². The van der Waals surface area contributed by atoms with Crippen molar-refractivity contribution in [1.82, 2.24) is 20.1 Å². The second-order valence-corrected chi connectivity index (χ2v) is 9.90. The number of hydrogen-bond acceptors (Lipinski definition) is 7. The van der Waals surface area contributed by atoms with E-state index in [2.05, 4.69) is 20.8 Å². The molecule has 2 N–H and O–H groups in total. The largest absolute Gasteiger partial charge is 0.469 e. The Morgan fingerprint density at radius 3 is 2.73 bits per heavy atom. The van der Waals surface area contributed by atoms with Gasteiger partial charge in [-0.2, -0.15) is 0 Å². The van der Waals surface area contributed by atoms with Crippen molar-refractivity contribution in [3.05, 3.63) is 92.8 Å². The molecule has 0 atom stereocenters. The van der Waals surface area contributed by atoms with Gasteiger partial charge in [-0.25, -0.2) is 4.79 Å². The van der Waals surface area contributed by atoms with Crippen LogP contribution in [0.25, 0.3) is 5.00 Å². The van der Waals surface area contributed by atoms with Crippen LogP contribution in [0.5, 0.6) is 0 Å². The summed E-state index contributed by atoms with van der Waals surface area (Å²) in [6, 6.07) is 16.6. The first-order chi connectivity index (χ1) is 17.9. The van der Waals surface area contributed by atoms with Crippen LogP contribution < -0.4 is 10.6 Å². The van der Waals surface area contributed by atoms with E-state index in [9.17, 15) is 9.59 Å². The number of benzene rings is 2. The summed E-state index contributed by atoms with van der Waals surface area (Å²) >= 11 is 7.95. The highest BCUT2D eigenvalue weighted by Gasteiger charge is 2.27. The minimum atomic E-state index is -0.359. The summed E-state index contributed by atoms with van der Waals surface area (Å²) in [6.07, 6.45) is 0.119. The molecule has 0 saturated carbocycles. The maximum Gasteiger partial charge on any atom is 0.319 e. The summed E-state index contributed by atoms with van der Waals surface area (Å²) in [5.41, 5.74) is 4.03. The molecule has 9 nitrogen and oxygen atoms in total. The zero-order valence-corrected chi connectivity index (χ0v) is 21.7. The van der Waals surface area contributed by atoms with E-state index in [1.807, 2.05) is 66.1 Å². The number of aryl methyl sites for hydroxylation is 1. The number of anilines is 1. The van der Waals surface area contributed by atoms with Crippen molar-refractivity contribution in [3.63, 3.8) is 0 Å². The fourth-order valence-corrected chi connectivity index (χ4v) is 5.46. The van der Waals surface area contributed by atoms with Crippen LogP contribution in [0.4, 0.5) is 10.5 Å². The van der Waals surface area contributed by atoms with Gasteiger partial charge in [0.2, 0.25) is 0 Å². The highest BCUT2D eigenvalue weighted by Crippen LogP contribution is 2.35. The summed E-state index contributed by atoms with van der Waals surface area (Å²) in [4.78, 5) is 30.2. The number of carbonyl (C=O) groups is 2. The van der Waals surface area contributed by atoms with Gasteiger partial charge in [-0.05, 0) is 36.8 Å². The van der Waals surface area contributed by atoms with Crippen molar-refractivity contribution in [2.45, 2.75) is 26.4 Å². The molecule has 37 heavy (non-hydrogen) atoms. The highest BCUT2D eigenvalue weighted by atomic mass is 35.5. The molecule has 0 aliphatic carbocycles. The Kier molecular flexibility index (Phi) is 7.02. The predicted molar refractivity (Wildman–Crippen MR) is 143 cm³/mol. The number of fused-ring (bicyclic) bond motifs is 3. The van der Waals surface area contributed by atoms with Gasteiger partial charge in [0.25, 0.3) is 0 Å². The number of carbonyl (C=O) groups excluding carboxylic acids is 2. The van der Waals surface area contributed by atoms with Crippen LogP contribution in [0.2, 0.25) is 5.02 Å². The normalized spacial score (nSPS) is 12.1. The molecule has 0 bridgehead atoms. The number of nitrogens with one attached hydrogen (secondary N) is 2. The van der Waals surface area contributed by atoms with Crippen molar-refractivity contribution in [1.29, 1.82) is 0 Å². The van der Waals surface area contributed by atoms with Crippen LogP contribution in [-0.2, 0) is 29.0 Å². The first-order valence-electron chi connectivity index (χ1n) is 11.5. The first kappa shape index (κ1) is 24.7. The van der Waals surface area contributed by atoms with E-state index in [1.165, 1.54) is 18.4 Å². The third kappa shape index (κ3) is 5.25. The number of thiophene rings is 1. The number of nitrogens with zero attached hydrogens (tertiary/aromatic N) is 4. The molecule has 3 heterocycles. The molecule has 0 spiro atoms. The summed E-state index contributed by atoms with van der Waals surface area (Å²) in [6.45, 7) is 2.37. The standard InChI is InChI=1S/C26H23ClN6O3S/c1-15-6-5-7-16(10-15)30-26(35)29-14-22-32-31-21-13-28-24(18-8-3-4-9-20(18)27)19-11-17(12-23(34)36-2)37-25(19)33(21)22/h3-11H,12-14H2,1-2H3,(H2,29,30,35). The molecule has 0 unspecified atom stereocenters. The Morgan fingerprint density at radius 1 is 1.11 bits per heavy atom. The van der Waals surface area contributed by atoms with Crippen LogP contribution in [0, 0.1) is 6.92 Å². The predicted octanol–water partition coefficient (Wildman–Crippen LogP) is 4.68. The van der Waals surface area contributed by atoms with Crippen molar-refractivity contribution in [2.24, 2.45) is 4.99 Å². The molecule has 1 aliphatic rings. The van der Waals surface area contributed by atoms with Gasteiger partial charge in [-0.1, -0.05) is 41.9 Å². The van der Waals surface area contributed by atoms with Gasteiger partial charge in [-0.3, -0.25) is 14.4 Å². The zero-order chi connectivity index (χ0) is 25.9. The maximum atomic E-state index is 12.6. The minimum absolute atomic E-state index is 0.119. The number of amides is 2. The molecule has 1 aliphatic heterocycles. The number of rotatable bonds is 6. The monoisotopic (exact) mass is 534 g/mol. The van der Waals surface area contributed by atoms with Gasteiger partial charge in [0.05, 0.1) is 25.8 Å². The van der Waals surface area contributed by atoms with E-state index in [0.717, 1.165) is 26.6 Å². The van der Waals surface area contributed by atoms with Crippen molar-refractivity contribution in [2.75, 3.05) is 12.4 Å². The van der Waals surface area contributed by atoms with Gasteiger partial charge in [0.15, 0.2) is 11.6 Å². The lowest BCUT2D eigenvalue weighted by Crippen LogP contribution is -2.29. The van der Waals surface area contributed by atoms with Gasteiger partial charge >= 0.3 is 12.0 Å². The topological polar surface area (TPSA) is 111 Å². The molecule has 0 radical (unpaired) electrons. The average molecular weight is 535 g/mol. The summed E-state index contributed by atoms with van der Waals surface area (Å²) in [5.74, 6) is 0.815. The molecule has 4 aromatic rings. The van der Waals surface area contributed by atoms with E-state index >= 15 is 0 Å². The van der Waals surface area contributed by atoms with Crippen LogP contribution in [-0.4, -0.2) is 39.6 Å². The fourth-order valence-electron chi connectivity index (χ4n) is 4.05. The quantitative estimate of drug-likeness (QED) is 0.349. The van der Waals surface area contributed by atoms with E-state index in [0.29, 0.717) is 28.1 Å². The maximum absolute atomic E-state index is 12.6. The molecule has 2 aromatic carbocycles. The SMILES string of the molecule is COC(=O)Cc1cc2c(s1)-n1c(nnc1CNC(=O)Nc1cccc(C)c1)CN=C2c1ccccc1Cl. The second-order valence-electron chi connectivity index (χ2n) is 8.37. The Morgan fingerprint density at radius 2 is 1.95 bits per heavy atom. The Balaban J connectivity index is 1.47. The fraction of sp³-hybridized carbons (Fsp3) is 0.192. The van der Waals surface area contributed by atoms with Gasteiger partial charge in [0.1, 0.15) is 11.5 Å². The van der Waals surface area contributed by atoms with Crippen LogP contribution in [0.1, 0.15) is 33.2 Å². The second kappa shape index (κ2) is 10.5. The number of halogens is 1. The zero-order valence-electron chi connectivity index (χ0n) is 20.1. The van der Waals surface area contributed by atoms with Gasteiger partial charge in [-0.15, -0.1) is 21.5 Å². The first-order valence-corrected chi connectivity index (χ1v) is 12.7. The molecule has 0 saturated heterocycles. The third-order valence-electron chi connectivity index (χ3n) is 5.76. The summed E-state index contributed by atoms with van der Waals surface area (Å²) < 4.78 is 6.76. The Bertz CT molecular complexity index is 1530. The highest BCUT2D eigenvalue weighted by molar-refractivity contribution is 7.15. The lowest BCUT2D eigenvalue weighted by Gasteiger charge is -2.11. The van der Waals surface area contributed by atoms with Crippen LogP contribution in [0.3, 0.4) is 0 Å². The van der Waals surface area contributed by atoms with E-state index in [-0.39, 0.29) is 31.5 Å². The van der Waals surface area contributed by atoms with Crippen molar-refractivity contribution >= 4 is 46.3 Å². The minimum Gasteiger partial charge on any atom is -0.469 e. The summed E-state index contributed by atoms with van der Waals surface area (Å²) in [5, 5.41) is 15.7. The van der Waals surface area contributed by atoms with Crippen molar-refractivity contribution in [3.8, 4) is 5.00 Å². The number of esters is 1. The lowest BCUT2D eigenvalue weighted by molar-refractivity contribution is -0.139. The molecule has 2 aromatic heterocycles. The molecule has 2 amide bonds. The Hall–Kier alpha value is -4.02. The average Bonchev–Trinajstić information content (AvgIpc) is 3.44. The Labute approximate surface area is 222 Å². The molecule has 0 fully saturated rings. The molecule has 188 valence electrons.